The summed E-state index contributed by atoms with van der Waals surface area (Å²) >= 11 is 0. The number of hydrogen-bond acceptors (Lipinski definition) is 4. The molecule has 5 nitrogen and oxygen atoms in total. The van der Waals surface area contributed by atoms with Gasteiger partial charge >= 0.3 is 0 Å². The van der Waals surface area contributed by atoms with E-state index in [1.165, 1.54) is 167 Å². The van der Waals surface area contributed by atoms with E-state index in [-0.39, 0.29) is 11.7 Å². The van der Waals surface area contributed by atoms with E-state index in [0.29, 0.717) is 6.61 Å². The fourth-order valence-electron chi connectivity index (χ4n) is 7.28. The number of benzene rings is 1. The molecule has 54 heavy (non-hydrogen) atoms. The number of unbranched alkanes of at least 4 members (excludes halogenated alkanes) is 24. The Kier molecular flexibility index (Phi) is 34.0. The first kappa shape index (κ1) is 50.1. The molecule has 0 aromatic heterocycles. The first-order valence-corrected chi connectivity index (χ1v) is 23.0. The third-order valence-electron chi connectivity index (χ3n) is 10.6. The van der Waals surface area contributed by atoms with Crippen LogP contribution in [0, 0.1) is 0 Å². The van der Waals surface area contributed by atoms with Gasteiger partial charge in [-0.05, 0) is 69.8 Å². The second-order valence-electron chi connectivity index (χ2n) is 16.7. The monoisotopic (exact) mass is 754 g/mol. The van der Waals surface area contributed by atoms with Crippen LogP contribution in [0.5, 0.6) is 0 Å². The summed E-state index contributed by atoms with van der Waals surface area (Å²) in [6.07, 6.45) is 46.4. The number of rotatable bonds is 40. The molecule has 0 aliphatic rings. The molecule has 1 aromatic carbocycles. The molecular formula is C49H87NO4. The van der Waals surface area contributed by atoms with E-state index in [4.69, 9.17) is 9.47 Å². The Hall–Kier alpha value is -1.95. The summed E-state index contributed by atoms with van der Waals surface area (Å²) in [5.41, 5.74) is 1.34. The maximum Gasteiger partial charge on any atom is 0.130 e. The van der Waals surface area contributed by atoms with Gasteiger partial charge in [-0.2, -0.15) is 0 Å². The van der Waals surface area contributed by atoms with Gasteiger partial charge in [-0.25, -0.2) is 0 Å². The molecule has 0 bridgehead atoms. The maximum atomic E-state index is 11.2. The molecule has 1 rings (SSSR count). The normalized spacial score (nSPS) is 12.7. The lowest BCUT2D eigenvalue weighted by molar-refractivity contribution is -0.906. The van der Waals surface area contributed by atoms with Gasteiger partial charge in [0, 0.05) is 18.8 Å². The smallest absolute Gasteiger partial charge is 0.130 e. The Balaban J connectivity index is 2.27. The topological polar surface area (TPSA) is 58.6 Å². The lowest BCUT2D eigenvalue weighted by Crippen LogP contribution is -2.47. The molecule has 1 aromatic rings. The second-order valence-corrected chi connectivity index (χ2v) is 16.7. The zero-order valence-corrected chi connectivity index (χ0v) is 36.1. The Morgan fingerprint density at radius 2 is 0.963 bits per heavy atom. The van der Waals surface area contributed by atoms with Gasteiger partial charge in [0.25, 0.3) is 0 Å². The largest absolute Gasteiger partial charge is 0.545 e. The van der Waals surface area contributed by atoms with Gasteiger partial charge in [-0.3, -0.25) is 0 Å². The van der Waals surface area contributed by atoms with Crippen LogP contribution in [0.15, 0.2) is 48.6 Å². The third kappa shape index (κ3) is 32.3. The lowest BCUT2D eigenvalue weighted by atomic mass is 10.1. The van der Waals surface area contributed by atoms with Crippen LogP contribution in [0.1, 0.15) is 210 Å². The summed E-state index contributed by atoms with van der Waals surface area (Å²) in [6.45, 7) is 8.42. The quantitative estimate of drug-likeness (QED) is 0.0380. The van der Waals surface area contributed by atoms with E-state index in [9.17, 15) is 9.90 Å². The van der Waals surface area contributed by atoms with Gasteiger partial charge in [0.05, 0.1) is 26.7 Å². The van der Waals surface area contributed by atoms with Crippen LogP contribution in [0.3, 0.4) is 0 Å². The standard InChI is InChI=1S/C49H87NO4/c1-5-7-9-11-13-15-17-19-21-23-25-27-29-31-33-35-41-53-45-48(44-50(3,4)43-46-37-39-47(40-38-46)49(51)52)54-42-36-34-32-30-28-26-24-22-20-18-16-14-12-10-8-6-2/h19-22,37-40,48H,5-18,23-36,41-45H2,1-4H3/b21-19-,22-20-. The molecule has 1 atom stereocenters. The van der Waals surface area contributed by atoms with E-state index in [1.807, 2.05) is 12.1 Å². The van der Waals surface area contributed by atoms with Gasteiger partial charge in [0.1, 0.15) is 19.2 Å². The summed E-state index contributed by atoms with van der Waals surface area (Å²) in [6, 6.07) is 7.09. The molecule has 5 heteroatoms. The fraction of sp³-hybridized carbons (Fsp3) is 0.776. The van der Waals surface area contributed by atoms with Gasteiger partial charge in [0.15, 0.2) is 0 Å². The summed E-state index contributed by atoms with van der Waals surface area (Å²) in [5.74, 6) is -1.13. The zero-order chi connectivity index (χ0) is 39.2. The molecule has 312 valence electrons. The molecule has 0 saturated carbocycles. The number of carbonyl (C=O) groups is 1. The Bertz CT molecular complexity index is 1020. The van der Waals surface area contributed by atoms with Gasteiger partial charge in [-0.1, -0.05) is 178 Å². The van der Waals surface area contributed by atoms with Crippen molar-refractivity contribution in [2.75, 3.05) is 40.5 Å². The van der Waals surface area contributed by atoms with Crippen molar-refractivity contribution in [3.05, 3.63) is 59.7 Å². The molecule has 0 fully saturated rings. The number of quaternary nitrogens is 1. The minimum Gasteiger partial charge on any atom is -0.545 e. The molecule has 1 unspecified atom stereocenters. The highest BCUT2D eigenvalue weighted by atomic mass is 16.5. The van der Waals surface area contributed by atoms with E-state index < -0.39 is 5.97 Å². The Morgan fingerprint density at radius 1 is 0.574 bits per heavy atom. The molecule has 0 spiro atoms. The molecule has 0 aliphatic carbocycles. The van der Waals surface area contributed by atoms with Crippen molar-refractivity contribution in [1.82, 2.24) is 0 Å². The minimum atomic E-state index is -1.13. The Labute approximate surface area is 335 Å². The molecule has 0 saturated heterocycles. The molecular weight excluding hydrogens is 667 g/mol. The van der Waals surface area contributed by atoms with Crippen LogP contribution in [-0.4, -0.2) is 57.0 Å². The number of carbonyl (C=O) groups excluding carboxylic acids is 1. The van der Waals surface area contributed by atoms with Crippen LogP contribution in [0.25, 0.3) is 0 Å². The van der Waals surface area contributed by atoms with E-state index in [2.05, 4.69) is 52.2 Å². The number of aromatic carboxylic acids is 1. The van der Waals surface area contributed by atoms with Crippen LogP contribution >= 0.6 is 0 Å². The number of likely N-dealkylation sites (N-methyl/N-ethyl adjacent to an activating group) is 1. The number of allylic oxidation sites excluding steroid dienone is 4. The highest BCUT2D eigenvalue weighted by Gasteiger charge is 2.24. The molecule has 0 amide bonds. The van der Waals surface area contributed by atoms with Crippen LogP contribution < -0.4 is 5.11 Å². The summed E-state index contributed by atoms with van der Waals surface area (Å²) < 4.78 is 13.4. The van der Waals surface area contributed by atoms with Crippen molar-refractivity contribution in [2.45, 2.75) is 206 Å². The highest BCUT2D eigenvalue weighted by molar-refractivity contribution is 5.85. The van der Waals surface area contributed by atoms with Crippen molar-refractivity contribution in [2.24, 2.45) is 0 Å². The zero-order valence-electron chi connectivity index (χ0n) is 36.1. The minimum absolute atomic E-state index is 0.0414. The molecule has 0 N–H and O–H groups in total. The number of ether oxygens (including phenoxy) is 2. The molecule has 0 heterocycles. The van der Waals surface area contributed by atoms with E-state index >= 15 is 0 Å². The molecule has 0 aliphatic heterocycles. The third-order valence-corrected chi connectivity index (χ3v) is 10.6. The first-order chi connectivity index (χ1) is 26.4. The number of carboxylic acid groups (broad SMARTS) is 1. The average molecular weight is 754 g/mol. The van der Waals surface area contributed by atoms with Crippen molar-refractivity contribution < 1.29 is 23.9 Å². The maximum absolute atomic E-state index is 11.2. The summed E-state index contributed by atoms with van der Waals surface area (Å²) in [5, 5.41) is 11.2. The van der Waals surface area contributed by atoms with E-state index in [0.717, 1.165) is 49.2 Å². The van der Waals surface area contributed by atoms with Gasteiger partial charge in [-0.15, -0.1) is 0 Å². The van der Waals surface area contributed by atoms with Crippen molar-refractivity contribution in [1.29, 1.82) is 0 Å². The second kappa shape index (κ2) is 36.7. The predicted molar refractivity (Wildman–Crippen MR) is 231 cm³/mol. The Morgan fingerprint density at radius 3 is 1.39 bits per heavy atom. The number of carboxylic acids is 1. The predicted octanol–water partition coefficient (Wildman–Crippen LogP) is 13.1. The molecule has 0 radical (unpaired) electrons. The SMILES string of the molecule is CCCCCCCC/C=C\CCCCCCCCOCC(C[N+](C)(C)Cc1ccc(C(=O)[O-])cc1)OCCCCCCCC/C=C\CCCCCCCC. The van der Waals surface area contributed by atoms with Gasteiger partial charge < -0.3 is 23.9 Å². The fourth-order valence-corrected chi connectivity index (χ4v) is 7.28. The average Bonchev–Trinajstić information content (AvgIpc) is 3.15. The van der Waals surface area contributed by atoms with Crippen LogP contribution in [0.2, 0.25) is 0 Å². The number of hydrogen-bond donors (Lipinski definition) is 0. The van der Waals surface area contributed by atoms with Crippen molar-refractivity contribution in [3.63, 3.8) is 0 Å². The van der Waals surface area contributed by atoms with Crippen molar-refractivity contribution >= 4 is 5.97 Å². The van der Waals surface area contributed by atoms with Gasteiger partial charge in [0.2, 0.25) is 0 Å². The number of nitrogens with zero attached hydrogens (tertiary/aromatic N) is 1. The summed E-state index contributed by atoms with van der Waals surface area (Å²) in [7, 11) is 4.44. The summed E-state index contributed by atoms with van der Waals surface area (Å²) in [4.78, 5) is 11.2. The van der Waals surface area contributed by atoms with Crippen LogP contribution in [-0.2, 0) is 16.0 Å². The van der Waals surface area contributed by atoms with E-state index in [1.54, 1.807) is 12.1 Å². The first-order valence-electron chi connectivity index (χ1n) is 23.0. The van der Waals surface area contributed by atoms with Crippen LogP contribution in [0.4, 0.5) is 0 Å². The highest BCUT2D eigenvalue weighted by Crippen LogP contribution is 2.16. The van der Waals surface area contributed by atoms with Crippen molar-refractivity contribution in [3.8, 4) is 0 Å². The lowest BCUT2D eigenvalue weighted by Gasteiger charge is -2.33.